The van der Waals surface area contributed by atoms with E-state index in [0.717, 1.165) is 34.0 Å². The summed E-state index contributed by atoms with van der Waals surface area (Å²) in [7, 11) is 0. The molecule has 22 heavy (non-hydrogen) atoms. The molecule has 0 atom stereocenters. The molecule has 0 unspecified atom stereocenters. The third kappa shape index (κ3) is 2.25. The van der Waals surface area contributed by atoms with Crippen LogP contribution >= 0.6 is 0 Å². The Kier molecular flexibility index (Phi) is 3.03. The first-order chi connectivity index (χ1) is 10.1. The summed E-state index contributed by atoms with van der Waals surface area (Å²) in [6.45, 7) is 14.8. The van der Waals surface area contributed by atoms with Crippen LogP contribution in [0.1, 0.15) is 58.9 Å². The highest BCUT2D eigenvalue weighted by Gasteiger charge is 2.24. The lowest BCUT2D eigenvalue weighted by Gasteiger charge is -2.21. The fourth-order valence-electron chi connectivity index (χ4n) is 2.52. The van der Waals surface area contributed by atoms with Crippen LogP contribution in [0, 0.1) is 6.92 Å². The van der Waals surface area contributed by atoms with Crippen molar-refractivity contribution in [2.75, 3.05) is 0 Å². The Labute approximate surface area is 130 Å². The maximum Gasteiger partial charge on any atom is 0.168 e. The quantitative estimate of drug-likeness (QED) is 0.636. The number of aromatic nitrogens is 5. The van der Waals surface area contributed by atoms with Gasteiger partial charge in [0.25, 0.3) is 0 Å². The molecule has 0 saturated heterocycles. The molecule has 0 aliphatic carbocycles. The largest absolute Gasteiger partial charge is 0.284 e. The van der Waals surface area contributed by atoms with E-state index in [4.69, 9.17) is 9.97 Å². The molecule has 0 saturated carbocycles. The SMILES string of the molecule is Cc1cnc2c3cnc(C(C)(C)C)nc3nc(C(C)(C)C)n12. The number of nitrogens with zero attached hydrogens (tertiary/aromatic N) is 5. The lowest BCUT2D eigenvalue weighted by Crippen LogP contribution is -2.21. The highest BCUT2D eigenvalue weighted by molar-refractivity contribution is 5.88. The number of rotatable bonds is 0. The minimum Gasteiger partial charge on any atom is -0.284 e. The van der Waals surface area contributed by atoms with Crippen molar-refractivity contribution in [2.45, 2.75) is 59.3 Å². The van der Waals surface area contributed by atoms with Gasteiger partial charge in [0.05, 0.1) is 5.39 Å². The third-order valence-electron chi connectivity index (χ3n) is 3.71. The molecular weight excluding hydrogens is 274 g/mol. The van der Waals surface area contributed by atoms with Crippen molar-refractivity contribution in [1.29, 1.82) is 0 Å². The normalized spacial score (nSPS) is 13.2. The van der Waals surface area contributed by atoms with Crippen molar-refractivity contribution in [3.05, 3.63) is 29.7 Å². The van der Waals surface area contributed by atoms with Crippen molar-refractivity contribution in [3.63, 3.8) is 0 Å². The molecule has 5 heteroatoms. The summed E-state index contributed by atoms with van der Waals surface area (Å²) in [6, 6.07) is 0. The second kappa shape index (κ2) is 4.48. The molecule has 0 bridgehead atoms. The van der Waals surface area contributed by atoms with Gasteiger partial charge in [-0.1, -0.05) is 41.5 Å². The molecule has 116 valence electrons. The highest BCUT2D eigenvalue weighted by Crippen LogP contribution is 2.27. The van der Waals surface area contributed by atoms with Gasteiger partial charge in [0.2, 0.25) is 0 Å². The Morgan fingerprint density at radius 1 is 0.864 bits per heavy atom. The average Bonchev–Trinajstić information content (AvgIpc) is 2.77. The fraction of sp³-hybridized carbons (Fsp3) is 0.529. The summed E-state index contributed by atoms with van der Waals surface area (Å²) in [5.41, 5.74) is 2.49. The molecule has 3 aromatic rings. The summed E-state index contributed by atoms with van der Waals surface area (Å²) < 4.78 is 2.11. The predicted octanol–water partition coefficient (Wildman–Crippen LogP) is 3.58. The zero-order valence-corrected chi connectivity index (χ0v) is 14.4. The van der Waals surface area contributed by atoms with Gasteiger partial charge in [-0.2, -0.15) is 0 Å². The zero-order chi connectivity index (χ0) is 16.3. The molecule has 3 aromatic heterocycles. The lowest BCUT2D eigenvalue weighted by atomic mass is 9.95. The van der Waals surface area contributed by atoms with Gasteiger partial charge in [0.1, 0.15) is 11.6 Å². The van der Waals surface area contributed by atoms with E-state index in [1.165, 1.54) is 0 Å². The number of hydrogen-bond donors (Lipinski definition) is 0. The van der Waals surface area contributed by atoms with E-state index in [0.29, 0.717) is 0 Å². The van der Waals surface area contributed by atoms with E-state index in [1.807, 2.05) is 19.3 Å². The number of fused-ring (bicyclic) bond motifs is 3. The second-order valence-corrected chi connectivity index (χ2v) is 7.92. The van der Waals surface area contributed by atoms with Crippen LogP contribution in [0.5, 0.6) is 0 Å². The summed E-state index contributed by atoms with van der Waals surface area (Å²) in [5.74, 6) is 1.78. The second-order valence-electron chi connectivity index (χ2n) is 7.92. The molecule has 3 heterocycles. The van der Waals surface area contributed by atoms with E-state index in [2.05, 4.69) is 55.9 Å². The van der Waals surface area contributed by atoms with Crippen LogP contribution in [0.25, 0.3) is 16.7 Å². The van der Waals surface area contributed by atoms with Gasteiger partial charge in [0.15, 0.2) is 11.3 Å². The molecule has 0 aromatic carbocycles. The van der Waals surface area contributed by atoms with Gasteiger partial charge in [-0.25, -0.2) is 19.9 Å². The molecule has 3 rings (SSSR count). The maximum absolute atomic E-state index is 4.85. The van der Waals surface area contributed by atoms with Gasteiger partial charge in [-0.15, -0.1) is 0 Å². The van der Waals surface area contributed by atoms with Crippen molar-refractivity contribution in [1.82, 2.24) is 24.3 Å². The summed E-state index contributed by atoms with van der Waals surface area (Å²) in [5, 5.41) is 0.897. The van der Waals surface area contributed by atoms with Gasteiger partial charge in [0, 0.05) is 28.9 Å². The Balaban J connectivity index is 2.44. The van der Waals surface area contributed by atoms with Crippen LogP contribution in [-0.4, -0.2) is 24.3 Å². The van der Waals surface area contributed by atoms with E-state index >= 15 is 0 Å². The van der Waals surface area contributed by atoms with E-state index in [-0.39, 0.29) is 10.8 Å². The average molecular weight is 297 g/mol. The Hall–Kier alpha value is -2.04. The van der Waals surface area contributed by atoms with E-state index < -0.39 is 0 Å². The molecule has 0 radical (unpaired) electrons. The standard InChI is InChI=1S/C17H23N5/c1-10-8-18-13-11-9-19-14(16(2,3)4)20-12(11)21-15(22(10)13)17(5,6)7/h8-9H,1-7H3. The van der Waals surface area contributed by atoms with Gasteiger partial charge >= 0.3 is 0 Å². The van der Waals surface area contributed by atoms with Crippen molar-refractivity contribution in [2.24, 2.45) is 0 Å². The van der Waals surface area contributed by atoms with Crippen LogP contribution in [-0.2, 0) is 10.8 Å². The maximum atomic E-state index is 4.85. The molecule has 0 spiro atoms. The molecule has 0 amide bonds. The molecule has 0 fully saturated rings. The molecule has 0 N–H and O–H groups in total. The topological polar surface area (TPSA) is 56.0 Å². The first-order valence-corrected chi connectivity index (χ1v) is 7.61. The van der Waals surface area contributed by atoms with E-state index in [9.17, 15) is 0 Å². The number of imidazole rings is 1. The van der Waals surface area contributed by atoms with Crippen LogP contribution in [0.2, 0.25) is 0 Å². The Bertz CT molecular complexity index is 862. The Morgan fingerprint density at radius 3 is 2.14 bits per heavy atom. The molecule has 0 aliphatic heterocycles. The van der Waals surface area contributed by atoms with Crippen LogP contribution in [0.4, 0.5) is 0 Å². The molecule has 0 aliphatic rings. The first-order valence-electron chi connectivity index (χ1n) is 7.61. The van der Waals surface area contributed by atoms with Gasteiger partial charge in [-0.05, 0) is 6.92 Å². The number of hydrogen-bond acceptors (Lipinski definition) is 4. The van der Waals surface area contributed by atoms with Crippen LogP contribution < -0.4 is 0 Å². The van der Waals surface area contributed by atoms with Gasteiger partial charge < -0.3 is 0 Å². The van der Waals surface area contributed by atoms with Crippen molar-refractivity contribution in [3.8, 4) is 0 Å². The summed E-state index contributed by atoms with van der Waals surface area (Å²) in [4.78, 5) is 18.6. The minimum absolute atomic E-state index is 0.0925. The van der Waals surface area contributed by atoms with Crippen LogP contribution in [0.15, 0.2) is 12.4 Å². The van der Waals surface area contributed by atoms with Crippen molar-refractivity contribution >= 4 is 16.7 Å². The lowest BCUT2D eigenvalue weighted by molar-refractivity contribution is 0.532. The first kappa shape index (κ1) is 14.9. The van der Waals surface area contributed by atoms with Crippen LogP contribution in [0.3, 0.4) is 0 Å². The summed E-state index contributed by atoms with van der Waals surface area (Å²) in [6.07, 6.45) is 3.73. The van der Waals surface area contributed by atoms with E-state index in [1.54, 1.807) is 0 Å². The number of aryl methyl sites for hydroxylation is 1. The highest BCUT2D eigenvalue weighted by atomic mass is 15.1. The zero-order valence-electron chi connectivity index (χ0n) is 14.4. The molecule has 5 nitrogen and oxygen atoms in total. The smallest absolute Gasteiger partial charge is 0.168 e. The Morgan fingerprint density at radius 2 is 1.55 bits per heavy atom. The fourth-order valence-corrected chi connectivity index (χ4v) is 2.52. The monoisotopic (exact) mass is 297 g/mol. The minimum atomic E-state index is -0.102. The molecular formula is C17H23N5. The predicted molar refractivity (Wildman–Crippen MR) is 88.2 cm³/mol. The van der Waals surface area contributed by atoms with Crippen molar-refractivity contribution < 1.29 is 0 Å². The van der Waals surface area contributed by atoms with Gasteiger partial charge in [-0.3, -0.25) is 4.40 Å². The summed E-state index contributed by atoms with van der Waals surface area (Å²) >= 11 is 0. The third-order valence-corrected chi connectivity index (χ3v) is 3.71.